The van der Waals surface area contributed by atoms with Crippen LogP contribution in [0.3, 0.4) is 0 Å². The monoisotopic (exact) mass is 277 g/mol. The lowest BCUT2D eigenvalue weighted by Gasteiger charge is -2.16. The Morgan fingerprint density at radius 3 is 2.32 bits per heavy atom. The van der Waals surface area contributed by atoms with E-state index in [1.807, 2.05) is 6.92 Å². The van der Waals surface area contributed by atoms with Crippen LogP contribution >= 0.6 is 0 Å². The van der Waals surface area contributed by atoms with Crippen LogP contribution in [0.15, 0.2) is 16.0 Å². The highest BCUT2D eigenvalue weighted by molar-refractivity contribution is 4.63. The quantitative estimate of drug-likeness (QED) is 0.273. The standard InChI is InChI=1S/C10H19N3O6/c1-9(8-18-12-15)7-10(19-13-16)5-3-2-4-6-17-11-14/h9-10H,2-8H2,1H3. The van der Waals surface area contributed by atoms with Gasteiger partial charge in [0.1, 0.15) is 19.3 Å². The Labute approximate surface area is 110 Å². The molecule has 110 valence electrons. The lowest BCUT2D eigenvalue weighted by molar-refractivity contribution is 0.0156. The maximum Gasteiger partial charge on any atom is 0.155 e. The van der Waals surface area contributed by atoms with Crippen molar-refractivity contribution >= 4 is 0 Å². The van der Waals surface area contributed by atoms with Crippen molar-refractivity contribution in [1.82, 2.24) is 0 Å². The number of nitrogens with zero attached hydrogens (tertiary/aromatic N) is 3. The van der Waals surface area contributed by atoms with Gasteiger partial charge in [-0.3, -0.25) is 0 Å². The average Bonchev–Trinajstić information content (AvgIpc) is 2.40. The summed E-state index contributed by atoms with van der Waals surface area (Å²) in [5.41, 5.74) is 0. The number of hydrogen-bond donors (Lipinski definition) is 0. The van der Waals surface area contributed by atoms with Gasteiger partial charge >= 0.3 is 0 Å². The molecular weight excluding hydrogens is 258 g/mol. The lowest BCUT2D eigenvalue weighted by Crippen LogP contribution is -2.17. The highest BCUT2D eigenvalue weighted by atomic mass is 16.7. The average molecular weight is 277 g/mol. The minimum absolute atomic E-state index is 0.0343. The maximum absolute atomic E-state index is 10.1. The van der Waals surface area contributed by atoms with Crippen LogP contribution in [0.4, 0.5) is 0 Å². The van der Waals surface area contributed by atoms with Crippen molar-refractivity contribution in [3.8, 4) is 0 Å². The van der Waals surface area contributed by atoms with Crippen molar-refractivity contribution < 1.29 is 14.5 Å². The molecule has 9 heteroatoms. The van der Waals surface area contributed by atoms with E-state index in [-0.39, 0.29) is 25.2 Å². The molecule has 0 aliphatic carbocycles. The molecule has 0 fully saturated rings. The van der Waals surface area contributed by atoms with Crippen molar-refractivity contribution in [2.24, 2.45) is 21.9 Å². The van der Waals surface area contributed by atoms with E-state index in [0.29, 0.717) is 19.3 Å². The van der Waals surface area contributed by atoms with Gasteiger partial charge in [-0.1, -0.05) is 6.92 Å². The zero-order valence-electron chi connectivity index (χ0n) is 10.9. The van der Waals surface area contributed by atoms with Crippen LogP contribution in [0.2, 0.25) is 0 Å². The van der Waals surface area contributed by atoms with E-state index >= 15 is 0 Å². The van der Waals surface area contributed by atoms with Crippen molar-refractivity contribution in [2.45, 2.75) is 45.1 Å². The molecular formula is C10H19N3O6. The third-order valence-corrected chi connectivity index (χ3v) is 2.58. The maximum atomic E-state index is 10.1. The first-order chi connectivity index (χ1) is 9.24. The fourth-order valence-electron chi connectivity index (χ4n) is 1.70. The van der Waals surface area contributed by atoms with Gasteiger partial charge in [-0.2, -0.15) is 0 Å². The van der Waals surface area contributed by atoms with E-state index < -0.39 is 0 Å². The lowest BCUT2D eigenvalue weighted by atomic mass is 10.00. The molecule has 0 aliphatic heterocycles. The van der Waals surface area contributed by atoms with E-state index in [4.69, 9.17) is 4.84 Å². The van der Waals surface area contributed by atoms with Gasteiger partial charge < -0.3 is 14.5 Å². The van der Waals surface area contributed by atoms with Gasteiger partial charge in [0, 0.05) is 0 Å². The highest BCUT2D eigenvalue weighted by Crippen LogP contribution is 2.16. The van der Waals surface area contributed by atoms with Crippen molar-refractivity contribution in [1.29, 1.82) is 0 Å². The zero-order valence-corrected chi connectivity index (χ0v) is 10.9. The van der Waals surface area contributed by atoms with Crippen LogP contribution in [-0.2, 0) is 14.5 Å². The molecule has 0 aromatic rings. The molecule has 0 radical (unpaired) electrons. The molecule has 0 aromatic carbocycles. The molecule has 0 aromatic heterocycles. The summed E-state index contributed by atoms with van der Waals surface area (Å²) in [4.78, 5) is 43.0. The molecule has 2 atom stereocenters. The summed E-state index contributed by atoms with van der Waals surface area (Å²) in [5.74, 6) is 0.0343. The largest absolute Gasteiger partial charge is 0.364 e. The number of hydrogen-bond acceptors (Lipinski definition) is 9. The number of unbranched alkanes of at least 4 members (excludes halogenated alkanes) is 2. The van der Waals surface area contributed by atoms with Crippen LogP contribution in [0, 0.1) is 20.6 Å². The minimum Gasteiger partial charge on any atom is -0.364 e. The highest BCUT2D eigenvalue weighted by Gasteiger charge is 2.16. The summed E-state index contributed by atoms with van der Waals surface area (Å²) < 4.78 is 0. The van der Waals surface area contributed by atoms with Gasteiger partial charge in [0.05, 0.1) is 0 Å². The molecule has 0 spiro atoms. The molecule has 19 heavy (non-hydrogen) atoms. The van der Waals surface area contributed by atoms with Crippen LogP contribution in [0.25, 0.3) is 0 Å². The molecule has 0 bridgehead atoms. The SMILES string of the molecule is CC(CON=O)CC(CCCCCON=O)ON=O. The zero-order chi connectivity index (χ0) is 14.3. The van der Waals surface area contributed by atoms with Gasteiger partial charge in [0.2, 0.25) is 0 Å². The fourth-order valence-corrected chi connectivity index (χ4v) is 1.70. The second kappa shape index (κ2) is 12.7. The first-order valence-corrected chi connectivity index (χ1v) is 6.12. The van der Waals surface area contributed by atoms with Gasteiger partial charge in [-0.15, -0.1) is 14.7 Å². The summed E-state index contributed by atoms with van der Waals surface area (Å²) in [5, 5.41) is 7.04. The molecule has 0 heterocycles. The third kappa shape index (κ3) is 11.0. The van der Waals surface area contributed by atoms with Crippen LogP contribution in [0.1, 0.15) is 39.0 Å². The van der Waals surface area contributed by atoms with E-state index in [1.54, 1.807) is 0 Å². The summed E-state index contributed by atoms with van der Waals surface area (Å²) >= 11 is 0. The van der Waals surface area contributed by atoms with Crippen molar-refractivity contribution in [3.05, 3.63) is 14.7 Å². The first-order valence-electron chi connectivity index (χ1n) is 6.12. The molecule has 0 aliphatic rings. The predicted molar refractivity (Wildman–Crippen MR) is 66.4 cm³/mol. The van der Waals surface area contributed by atoms with E-state index in [9.17, 15) is 14.7 Å². The van der Waals surface area contributed by atoms with Gasteiger partial charge in [-0.05, 0) is 38.0 Å². The topological polar surface area (TPSA) is 116 Å². The Kier molecular flexibility index (Phi) is 11.5. The smallest absolute Gasteiger partial charge is 0.155 e. The van der Waals surface area contributed by atoms with Gasteiger partial charge in [0.15, 0.2) is 16.0 Å². The Bertz CT molecular complexity index is 253. The number of rotatable bonds is 14. The van der Waals surface area contributed by atoms with Gasteiger partial charge in [0.25, 0.3) is 0 Å². The fraction of sp³-hybridized carbons (Fsp3) is 1.00. The first kappa shape index (κ1) is 17.2. The van der Waals surface area contributed by atoms with E-state index in [2.05, 4.69) is 25.7 Å². The summed E-state index contributed by atoms with van der Waals surface area (Å²) in [6.45, 7) is 2.33. The Hall–Kier alpha value is -1.80. The van der Waals surface area contributed by atoms with Crippen molar-refractivity contribution in [3.63, 3.8) is 0 Å². The second-order valence-electron chi connectivity index (χ2n) is 4.27. The Morgan fingerprint density at radius 1 is 0.947 bits per heavy atom. The van der Waals surface area contributed by atoms with Crippen LogP contribution < -0.4 is 0 Å². The minimum atomic E-state index is -0.312. The molecule has 0 saturated carbocycles. The molecule has 9 nitrogen and oxygen atoms in total. The van der Waals surface area contributed by atoms with E-state index in [1.165, 1.54) is 0 Å². The molecule has 0 N–H and O–H groups in total. The molecule has 0 amide bonds. The van der Waals surface area contributed by atoms with Crippen LogP contribution in [-0.4, -0.2) is 19.3 Å². The van der Waals surface area contributed by atoms with Gasteiger partial charge in [-0.25, -0.2) is 0 Å². The van der Waals surface area contributed by atoms with Crippen LogP contribution in [0.5, 0.6) is 0 Å². The van der Waals surface area contributed by atoms with E-state index in [0.717, 1.165) is 12.8 Å². The molecule has 0 rings (SSSR count). The Balaban J connectivity index is 3.74. The third-order valence-electron chi connectivity index (χ3n) is 2.58. The Morgan fingerprint density at radius 2 is 1.68 bits per heavy atom. The molecule has 0 saturated heterocycles. The van der Waals surface area contributed by atoms with Crippen molar-refractivity contribution in [2.75, 3.05) is 13.2 Å². The summed E-state index contributed by atoms with van der Waals surface area (Å²) in [6.07, 6.45) is 3.23. The summed E-state index contributed by atoms with van der Waals surface area (Å²) in [6, 6.07) is 0. The molecule has 2 unspecified atom stereocenters. The normalized spacial score (nSPS) is 13.1. The summed E-state index contributed by atoms with van der Waals surface area (Å²) in [7, 11) is 0. The predicted octanol–water partition coefficient (Wildman–Crippen LogP) is 3.04. The second-order valence-corrected chi connectivity index (χ2v) is 4.27.